The van der Waals surface area contributed by atoms with Gasteiger partial charge in [0.25, 0.3) is 0 Å². The summed E-state index contributed by atoms with van der Waals surface area (Å²) in [6, 6.07) is 13.2. The zero-order valence-electron chi connectivity index (χ0n) is 11.9. The van der Waals surface area contributed by atoms with Crippen LogP contribution in [0.3, 0.4) is 0 Å². The van der Waals surface area contributed by atoms with Gasteiger partial charge < -0.3 is 5.32 Å². The molecule has 0 aliphatic rings. The Morgan fingerprint density at radius 1 is 1.05 bits per heavy atom. The van der Waals surface area contributed by atoms with E-state index >= 15 is 0 Å². The van der Waals surface area contributed by atoms with Crippen molar-refractivity contribution in [3.05, 3.63) is 59.9 Å². The van der Waals surface area contributed by atoms with Crippen LogP contribution in [0.25, 0.3) is 0 Å². The molecule has 0 spiro atoms. The summed E-state index contributed by atoms with van der Waals surface area (Å²) in [7, 11) is 0. The van der Waals surface area contributed by atoms with E-state index in [4.69, 9.17) is 0 Å². The molecule has 0 saturated carbocycles. The molecule has 2 nitrogen and oxygen atoms in total. The monoisotopic (exact) mass is 254 g/mol. The molecule has 100 valence electrons. The van der Waals surface area contributed by atoms with Crippen molar-refractivity contribution >= 4 is 5.69 Å². The van der Waals surface area contributed by atoms with Crippen LogP contribution in [0.15, 0.2) is 48.8 Å². The van der Waals surface area contributed by atoms with Gasteiger partial charge in [-0.3, -0.25) is 4.98 Å². The van der Waals surface area contributed by atoms with Gasteiger partial charge in [-0.2, -0.15) is 0 Å². The molecule has 0 saturated heterocycles. The Bertz CT molecular complexity index is 488. The molecule has 1 unspecified atom stereocenters. The minimum absolute atomic E-state index is 0.289. The van der Waals surface area contributed by atoms with Crippen LogP contribution < -0.4 is 5.32 Å². The first kappa shape index (κ1) is 13.6. The van der Waals surface area contributed by atoms with E-state index in [1.165, 1.54) is 11.1 Å². The number of rotatable bonds is 5. The number of hydrogen-bond donors (Lipinski definition) is 1. The normalized spacial score (nSPS) is 12.4. The molecule has 2 rings (SSSR count). The summed E-state index contributed by atoms with van der Waals surface area (Å²) < 4.78 is 0. The standard InChI is InChI=1S/C17H22N2/c1-13(2)11-15-6-8-16(9-7-15)14(3)19-17-5-4-10-18-12-17/h4-10,12-14,19H,11H2,1-3H3. The quantitative estimate of drug-likeness (QED) is 0.852. The van der Waals surface area contributed by atoms with Gasteiger partial charge in [0.15, 0.2) is 0 Å². The van der Waals surface area contributed by atoms with Crippen molar-refractivity contribution in [2.75, 3.05) is 5.32 Å². The minimum atomic E-state index is 0.289. The Kier molecular flexibility index (Phi) is 4.56. The fourth-order valence-corrected chi connectivity index (χ4v) is 2.20. The summed E-state index contributed by atoms with van der Waals surface area (Å²) in [6.07, 6.45) is 4.78. The number of anilines is 1. The second-order valence-electron chi connectivity index (χ2n) is 5.45. The Balaban J connectivity index is 2.01. The van der Waals surface area contributed by atoms with E-state index in [0.29, 0.717) is 5.92 Å². The first-order chi connectivity index (χ1) is 9.15. The Morgan fingerprint density at radius 2 is 1.79 bits per heavy atom. The fourth-order valence-electron chi connectivity index (χ4n) is 2.20. The average Bonchev–Trinajstić information content (AvgIpc) is 2.40. The molecular weight excluding hydrogens is 232 g/mol. The van der Waals surface area contributed by atoms with Crippen LogP contribution >= 0.6 is 0 Å². The maximum absolute atomic E-state index is 4.12. The Morgan fingerprint density at radius 3 is 2.37 bits per heavy atom. The molecule has 1 aromatic carbocycles. The lowest BCUT2D eigenvalue weighted by Crippen LogP contribution is -2.06. The van der Waals surface area contributed by atoms with E-state index in [1.54, 1.807) is 6.20 Å². The molecule has 0 aliphatic carbocycles. The minimum Gasteiger partial charge on any atom is -0.377 e. The molecule has 0 amide bonds. The Labute approximate surface area is 115 Å². The summed E-state index contributed by atoms with van der Waals surface area (Å²) >= 11 is 0. The van der Waals surface area contributed by atoms with Crippen molar-refractivity contribution < 1.29 is 0 Å². The predicted molar refractivity (Wildman–Crippen MR) is 81.3 cm³/mol. The number of benzene rings is 1. The van der Waals surface area contributed by atoms with Gasteiger partial charge in [-0.25, -0.2) is 0 Å². The second-order valence-corrected chi connectivity index (χ2v) is 5.45. The van der Waals surface area contributed by atoms with Crippen molar-refractivity contribution in [3.63, 3.8) is 0 Å². The van der Waals surface area contributed by atoms with Gasteiger partial charge in [0.1, 0.15) is 0 Å². The smallest absolute Gasteiger partial charge is 0.0531 e. The third kappa shape index (κ3) is 4.09. The van der Waals surface area contributed by atoms with Crippen molar-refractivity contribution in [3.8, 4) is 0 Å². The lowest BCUT2D eigenvalue weighted by Gasteiger charge is -2.16. The molecule has 1 atom stereocenters. The predicted octanol–water partition coefficient (Wildman–Crippen LogP) is 4.45. The van der Waals surface area contributed by atoms with Gasteiger partial charge in [-0.15, -0.1) is 0 Å². The van der Waals surface area contributed by atoms with Crippen molar-refractivity contribution in [1.82, 2.24) is 4.98 Å². The molecule has 2 aromatic rings. The second kappa shape index (κ2) is 6.37. The molecule has 0 radical (unpaired) electrons. The van der Waals surface area contributed by atoms with E-state index in [-0.39, 0.29) is 6.04 Å². The summed E-state index contributed by atoms with van der Waals surface area (Å²) in [4.78, 5) is 4.12. The SMILES string of the molecule is CC(C)Cc1ccc(C(C)Nc2cccnc2)cc1. The van der Waals surface area contributed by atoms with Crippen LogP contribution in [-0.4, -0.2) is 4.98 Å². The van der Waals surface area contributed by atoms with Crippen LogP contribution in [0, 0.1) is 5.92 Å². The fraction of sp³-hybridized carbons (Fsp3) is 0.353. The summed E-state index contributed by atoms with van der Waals surface area (Å²) in [6.45, 7) is 6.67. The van der Waals surface area contributed by atoms with Crippen LogP contribution in [0.2, 0.25) is 0 Å². The van der Waals surface area contributed by atoms with E-state index < -0.39 is 0 Å². The van der Waals surface area contributed by atoms with Crippen molar-refractivity contribution in [2.24, 2.45) is 5.92 Å². The number of nitrogens with one attached hydrogen (secondary N) is 1. The molecule has 0 fully saturated rings. The first-order valence-electron chi connectivity index (χ1n) is 6.90. The number of nitrogens with zero attached hydrogens (tertiary/aromatic N) is 1. The van der Waals surface area contributed by atoms with Crippen LogP contribution in [0.4, 0.5) is 5.69 Å². The van der Waals surface area contributed by atoms with Crippen molar-refractivity contribution in [2.45, 2.75) is 33.2 Å². The van der Waals surface area contributed by atoms with E-state index in [2.05, 4.69) is 55.3 Å². The van der Waals surface area contributed by atoms with Gasteiger partial charge >= 0.3 is 0 Å². The highest BCUT2D eigenvalue weighted by Gasteiger charge is 2.05. The number of aromatic nitrogens is 1. The maximum atomic E-state index is 4.12. The molecule has 1 N–H and O–H groups in total. The highest BCUT2D eigenvalue weighted by Crippen LogP contribution is 2.19. The third-order valence-corrected chi connectivity index (χ3v) is 3.17. The molecule has 0 bridgehead atoms. The third-order valence-electron chi connectivity index (χ3n) is 3.17. The van der Waals surface area contributed by atoms with E-state index in [0.717, 1.165) is 12.1 Å². The van der Waals surface area contributed by atoms with Gasteiger partial charge in [-0.1, -0.05) is 38.1 Å². The molecule has 2 heteroatoms. The van der Waals surface area contributed by atoms with Gasteiger partial charge in [-0.05, 0) is 42.5 Å². The van der Waals surface area contributed by atoms with Gasteiger partial charge in [0.2, 0.25) is 0 Å². The molecule has 1 aromatic heterocycles. The first-order valence-corrected chi connectivity index (χ1v) is 6.90. The topological polar surface area (TPSA) is 24.9 Å². The maximum Gasteiger partial charge on any atom is 0.0531 e. The Hall–Kier alpha value is -1.83. The lowest BCUT2D eigenvalue weighted by molar-refractivity contribution is 0.647. The summed E-state index contributed by atoms with van der Waals surface area (Å²) in [5.74, 6) is 0.705. The van der Waals surface area contributed by atoms with Crippen LogP contribution in [0.5, 0.6) is 0 Å². The average molecular weight is 254 g/mol. The zero-order chi connectivity index (χ0) is 13.7. The van der Waals surface area contributed by atoms with Gasteiger partial charge in [0.05, 0.1) is 5.69 Å². The molecule has 19 heavy (non-hydrogen) atoms. The highest BCUT2D eigenvalue weighted by atomic mass is 14.9. The zero-order valence-corrected chi connectivity index (χ0v) is 11.9. The summed E-state index contributed by atoms with van der Waals surface area (Å²) in [5, 5.41) is 3.46. The largest absolute Gasteiger partial charge is 0.377 e. The van der Waals surface area contributed by atoms with Crippen LogP contribution in [-0.2, 0) is 6.42 Å². The molecule has 1 heterocycles. The van der Waals surface area contributed by atoms with Crippen molar-refractivity contribution in [1.29, 1.82) is 0 Å². The number of hydrogen-bond acceptors (Lipinski definition) is 2. The summed E-state index contributed by atoms with van der Waals surface area (Å²) in [5.41, 5.74) is 3.77. The highest BCUT2D eigenvalue weighted by molar-refractivity contribution is 5.42. The van der Waals surface area contributed by atoms with E-state index in [9.17, 15) is 0 Å². The number of pyridine rings is 1. The van der Waals surface area contributed by atoms with Crippen LogP contribution in [0.1, 0.15) is 37.9 Å². The van der Waals surface area contributed by atoms with Gasteiger partial charge in [0, 0.05) is 18.4 Å². The lowest BCUT2D eigenvalue weighted by atomic mass is 10.00. The van der Waals surface area contributed by atoms with E-state index in [1.807, 2.05) is 18.3 Å². The molecular formula is C17H22N2. The molecule has 0 aliphatic heterocycles.